The number of anilines is 3. The highest BCUT2D eigenvalue weighted by Crippen LogP contribution is 2.37. The molecule has 0 amide bonds. The van der Waals surface area contributed by atoms with Crippen LogP contribution in [0.25, 0.3) is 0 Å². The second kappa shape index (κ2) is 5.19. The Morgan fingerprint density at radius 1 is 1.21 bits per heavy atom. The van der Waals surface area contributed by atoms with Crippen molar-refractivity contribution >= 4 is 17.8 Å². The van der Waals surface area contributed by atoms with Gasteiger partial charge in [0.25, 0.3) is 0 Å². The van der Waals surface area contributed by atoms with E-state index < -0.39 is 0 Å². The monoisotopic (exact) mass is 262 g/mol. The Kier molecular flexibility index (Phi) is 3.40. The molecule has 2 fully saturated rings. The molecule has 0 bridgehead atoms. The molecule has 6 nitrogen and oxygen atoms in total. The number of nitrogens with two attached hydrogens (primary N) is 1. The summed E-state index contributed by atoms with van der Waals surface area (Å²) in [7, 11) is 0. The second-order valence-corrected chi connectivity index (χ2v) is 5.72. The average Bonchev–Trinajstić information content (AvgIpc) is 3.13. The van der Waals surface area contributed by atoms with E-state index in [0.717, 1.165) is 37.4 Å². The summed E-state index contributed by atoms with van der Waals surface area (Å²) in [6.45, 7) is 5.24. The van der Waals surface area contributed by atoms with Crippen LogP contribution in [0.5, 0.6) is 0 Å². The van der Waals surface area contributed by atoms with Crippen LogP contribution in [-0.2, 0) is 0 Å². The Morgan fingerprint density at radius 3 is 2.63 bits per heavy atom. The molecule has 2 aliphatic rings. The predicted octanol–water partition coefficient (Wildman–Crippen LogP) is 1.51. The van der Waals surface area contributed by atoms with Gasteiger partial charge in [-0.2, -0.15) is 15.0 Å². The minimum Gasteiger partial charge on any atom is -0.368 e. The minimum atomic E-state index is 0.307. The van der Waals surface area contributed by atoms with Crippen LogP contribution in [0.4, 0.5) is 17.8 Å². The van der Waals surface area contributed by atoms with Crippen molar-refractivity contribution in [3.8, 4) is 0 Å². The van der Waals surface area contributed by atoms with E-state index in [1.807, 2.05) is 0 Å². The Morgan fingerprint density at radius 2 is 1.95 bits per heavy atom. The second-order valence-electron chi connectivity index (χ2n) is 5.72. The fourth-order valence-corrected chi connectivity index (χ4v) is 2.60. The van der Waals surface area contributed by atoms with Gasteiger partial charge in [0.15, 0.2) is 0 Å². The summed E-state index contributed by atoms with van der Waals surface area (Å²) in [6, 6.07) is 0. The van der Waals surface area contributed by atoms with Gasteiger partial charge in [-0.25, -0.2) is 0 Å². The first-order chi connectivity index (χ1) is 9.22. The van der Waals surface area contributed by atoms with Gasteiger partial charge in [-0.1, -0.05) is 6.92 Å². The molecule has 19 heavy (non-hydrogen) atoms. The molecule has 0 radical (unpaired) electrons. The number of piperidine rings is 1. The molecule has 2 heterocycles. The van der Waals surface area contributed by atoms with Crippen molar-refractivity contribution in [2.24, 2.45) is 11.8 Å². The highest BCUT2D eigenvalue weighted by Gasteiger charge is 2.32. The van der Waals surface area contributed by atoms with Gasteiger partial charge >= 0.3 is 0 Å². The Bertz CT molecular complexity index is 443. The van der Waals surface area contributed by atoms with Crippen molar-refractivity contribution in [2.75, 3.05) is 35.6 Å². The summed E-state index contributed by atoms with van der Waals surface area (Å²) in [6.07, 6.45) is 5.00. The van der Waals surface area contributed by atoms with Crippen molar-refractivity contribution in [3.63, 3.8) is 0 Å². The van der Waals surface area contributed by atoms with Crippen LogP contribution in [0.1, 0.15) is 32.6 Å². The summed E-state index contributed by atoms with van der Waals surface area (Å²) in [4.78, 5) is 15.1. The van der Waals surface area contributed by atoms with E-state index in [1.165, 1.54) is 25.7 Å². The molecule has 3 rings (SSSR count). The molecule has 0 aromatic carbocycles. The number of aromatic nitrogens is 3. The molecule has 1 aliphatic heterocycles. The van der Waals surface area contributed by atoms with Crippen LogP contribution >= 0.6 is 0 Å². The zero-order valence-electron chi connectivity index (χ0n) is 11.5. The topological polar surface area (TPSA) is 80.0 Å². The Balaban J connectivity index is 1.67. The molecule has 3 N–H and O–H groups in total. The van der Waals surface area contributed by atoms with Gasteiger partial charge in [0.1, 0.15) is 0 Å². The maximum absolute atomic E-state index is 5.79. The number of nitrogens with one attached hydrogen (secondary N) is 1. The molecule has 1 aliphatic carbocycles. The number of hydrogen-bond acceptors (Lipinski definition) is 6. The maximum Gasteiger partial charge on any atom is 0.231 e. The van der Waals surface area contributed by atoms with Gasteiger partial charge in [-0.3, -0.25) is 0 Å². The molecule has 1 aromatic heterocycles. The van der Waals surface area contributed by atoms with Gasteiger partial charge in [0.05, 0.1) is 0 Å². The van der Waals surface area contributed by atoms with E-state index in [9.17, 15) is 0 Å². The molecule has 1 saturated heterocycles. The quantitative estimate of drug-likeness (QED) is 0.856. The lowest BCUT2D eigenvalue weighted by atomic mass is 10.1. The van der Waals surface area contributed by atoms with Crippen molar-refractivity contribution in [1.29, 1.82) is 0 Å². The molecule has 0 spiro atoms. The molecule has 6 heteroatoms. The highest BCUT2D eigenvalue weighted by atomic mass is 15.3. The predicted molar refractivity (Wildman–Crippen MR) is 76.1 cm³/mol. The van der Waals surface area contributed by atoms with Crippen LogP contribution in [0.3, 0.4) is 0 Å². The van der Waals surface area contributed by atoms with Crippen LogP contribution < -0.4 is 16.0 Å². The molecular weight excluding hydrogens is 240 g/mol. The third-order valence-corrected chi connectivity index (χ3v) is 4.08. The van der Waals surface area contributed by atoms with Crippen LogP contribution in [0.2, 0.25) is 0 Å². The van der Waals surface area contributed by atoms with E-state index in [0.29, 0.717) is 11.9 Å². The number of nitrogen functional groups attached to an aromatic ring is 1. The number of rotatable bonds is 4. The van der Waals surface area contributed by atoms with Gasteiger partial charge in [0, 0.05) is 19.6 Å². The molecule has 1 aromatic rings. The van der Waals surface area contributed by atoms with Gasteiger partial charge in [-0.05, 0) is 37.5 Å². The van der Waals surface area contributed by atoms with E-state index in [1.54, 1.807) is 0 Å². The summed E-state index contributed by atoms with van der Waals surface area (Å²) in [5.41, 5.74) is 5.79. The van der Waals surface area contributed by atoms with E-state index in [-0.39, 0.29) is 0 Å². The summed E-state index contributed by atoms with van der Waals surface area (Å²) >= 11 is 0. The fourth-order valence-electron chi connectivity index (χ4n) is 2.60. The number of nitrogens with zero attached hydrogens (tertiary/aromatic N) is 4. The number of hydrogen-bond donors (Lipinski definition) is 2. The molecule has 2 atom stereocenters. The first-order valence-corrected chi connectivity index (χ1v) is 7.23. The van der Waals surface area contributed by atoms with Crippen LogP contribution in [0, 0.1) is 11.8 Å². The SMILES string of the molecule is CC1CC1CNc1nc(N)nc(N2CCCCC2)n1. The molecule has 104 valence electrons. The van der Waals surface area contributed by atoms with Crippen LogP contribution in [-0.4, -0.2) is 34.6 Å². The van der Waals surface area contributed by atoms with Crippen molar-refractivity contribution in [1.82, 2.24) is 15.0 Å². The van der Waals surface area contributed by atoms with Gasteiger partial charge < -0.3 is 16.0 Å². The normalized spacial score (nSPS) is 26.3. The molecule has 2 unspecified atom stereocenters. The third-order valence-electron chi connectivity index (χ3n) is 4.08. The van der Waals surface area contributed by atoms with Gasteiger partial charge in [0.2, 0.25) is 17.8 Å². The molecule has 1 saturated carbocycles. The zero-order valence-corrected chi connectivity index (χ0v) is 11.5. The summed E-state index contributed by atoms with van der Waals surface area (Å²) in [5.74, 6) is 3.23. The third kappa shape index (κ3) is 3.05. The van der Waals surface area contributed by atoms with Crippen molar-refractivity contribution < 1.29 is 0 Å². The summed E-state index contributed by atoms with van der Waals surface area (Å²) < 4.78 is 0. The standard InChI is InChI=1S/C13H22N6/c1-9-7-10(9)8-15-12-16-11(14)17-13(18-12)19-5-3-2-4-6-19/h9-10H,2-8H2,1H3,(H3,14,15,16,17,18). The zero-order chi connectivity index (χ0) is 13.2. The highest BCUT2D eigenvalue weighted by molar-refractivity contribution is 5.42. The van der Waals surface area contributed by atoms with E-state index >= 15 is 0 Å². The Labute approximate surface area is 113 Å². The van der Waals surface area contributed by atoms with E-state index in [4.69, 9.17) is 5.73 Å². The lowest BCUT2D eigenvalue weighted by Gasteiger charge is -2.26. The first-order valence-electron chi connectivity index (χ1n) is 7.23. The first kappa shape index (κ1) is 12.4. The smallest absolute Gasteiger partial charge is 0.231 e. The average molecular weight is 262 g/mol. The largest absolute Gasteiger partial charge is 0.368 e. The van der Waals surface area contributed by atoms with Gasteiger partial charge in [-0.15, -0.1) is 0 Å². The lowest BCUT2D eigenvalue weighted by molar-refractivity contribution is 0.568. The Hall–Kier alpha value is -1.59. The molecular formula is C13H22N6. The minimum absolute atomic E-state index is 0.307. The van der Waals surface area contributed by atoms with Crippen molar-refractivity contribution in [2.45, 2.75) is 32.6 Å². The fraction of sp³-hybridized carbons (Fsp3) is 0.769. The van der Waals surface area contributed by atoms with Crippen molar-refractivity contribution in [3.05, 3.63) is 0 Å². The van der Waals surface area contributed by atoms with Crippen LogP contribution in [0.15, 0.2) is 0 Å². The maximum atomic E-state index is 5.79. The van der Waals surface area contributed by atoms with E-state index in [2.05, 4.69) is 32.1 Å². The lowest BCUT2D eigenvalue weighted by Crippen LogP contribution is -2.31. The summed E-state index contributed by atoms with van der Waals surface area (Å²) in [5, 5.41) is 3.29.